The number of hydrogen-bond donors (Lipinski definition) is 2. The number of ether oxygens (including phenoxy) is 2. The Labute approximate surface area is 212 Å². The van der Waals surface area contributed by atoms with Gasteiger partial charge in [0.1, 0.15) is 18.2 Å². The fourth-order valence-electron chi connectivity index (χ4n) is 4.83. The summed E-state index contributed by atoms with van der Waals surface area (Å²) < 4.78 is 10.3. The summed E-state index contributed by atoms with van der Waals surface area (Å²) in [7, 11) is 0. The van der Waals surface area contributed by atoms with Crippen molar-refractivity contribution >= 4 is 24.0 Å². The number of nitrogens with one attached hydrogen (secondary N) is 2. The largest absolute Gasteiger partial charge is 0.450 e. The first-order valence-corrected chi connectivity index (χ1v) is 12.9. The second kappa shape index (κ2) is 13.1. The van der Waals surface area contributed by atoms with Crippen molar-refractivity contribution in [3.63, 3.8) is 0 Å². The van der Waals surface area contributed by atoms with Gasteiger partial charge in [-0.15, -0.1) is 0 Å². The molecule has 0 saturated carbocycles. The van der Waals surface area contributed by atoms with Crippen LogP contribution in [0.15, 0.2) is 30.3 Å². The summed E-state index contributed by atoms with van der Waals surface area (Å²) in [6.07, 6.45) is 2.49. The Hall–Kier alpha value is -3.30. The van der Waals surface area contributed by atoms with E-state index < -0.39 is 17.7 Å². The molecule has 0 aromatic heterocycles. The van der Waals surface area contributed by atoms with Crippen LogP contribution in [-0.4, -0.2) is 78.2 Å². The van der Waals surface area contributed by atoms with Gasteiger partial charge in [0, 0.05) is 26.2 Å². The monoisotopic (exact) mass is 502 g/mol. The molecule has 2 heterocycles. The summed E-state index contributed by atoms with van der Waals surface area (Å²) in [5, 5.41) is 5.67. The van der Waals surface area contributed by atoms with Crippen molar-refractivity contribution in [2.45, 2.75) is 70.6 Å². The van der Waals surface area contributed by atoms with E-state index in [0.717, 1.165) is 12.0 Å². The molecule has 2 saturated heterocycles. The van der Waals surface area contributed by atoms with Crippen LogP contribution in [0.4, 0.5) is 9.59 Å². The van der Waals surface area contributed by atoms with E-state index in [2.05, 4.69) is 10.6 Å². The highest BCUT2D eigenvalue weighted by Crippen LogP contribution is 2.34. The number of rotatable bonds is 10. The van der Waals surface area contributed by atoms with E-state index in [-0.39, 0.29) is 24.5 Å². The van der Waals surface area contributed by atoms with Crippen LogP contribution in [0, 0.1) is 0 Å². The summed E-state index contributed by atoms with van der Waals surface area (Å²) in [6.45, 7) is 5.92. The lowest BCUT2D eigenvalue weighted by Gasteiger charge is -2.51. The summed E-state index contributed by atoms with van der Waals surface area (Å²) in [5.41, 5.74) is -0.00316. The Kier molecular flexibility index (Phi) is 9.95. The number of likely N-dealkylation sites (tertiary alicyclic amines) is 1. The molecule has 0 aliphatic carbocycles. The van der Waals surface area contributed by atoms with Gasteiger partial charge in [-0.1, -0.05) is 37.3 Å². The van der Waals surface area contributed by atoms with Gasteiger partial charge in [-0.05, 0) is 51.0 Å². The molecule has 1 atom stereocenters. The SMILES string of the molecule is CCCN1C(=O)[C@H](CCCCNC(=O)OCc2ccccc2)NC(=O)C12CCN(C(=O)OCC)CC2. The van der Waals surface area contributed by atoms with Crippen LogP contribution in [0.2, 0.25) is 0 Å². The number of carbonyl (C=O) groups excluding carboxylic acids is 4. The van der Waals surface area contributed by atoms with Gasteiger partial charge in [-0.3, -0.25) is 9.59 Å². The van der Waals surface area contributed by atoms with Gasteiger partial charge < -0.3 is 29.9 Å². The number of piperazine rings is 1. The second-order valence-corrected chi connectivity index (χ2v) is 9.22. The Bertz CT molecular complexity index is 901. The van der Waals surface area contributed by atoms with E-state index in [1.807, 2.05) is 37.3 Å². The number of unbranched alkanes of at least 4 members (excludes halogenated alkanes) is 1. The van der Waals surface area contributed by atoms with Crippen LogP contribution in [0.1, 0.15) is 57.9 Å². The highest BCUT2D eigenvalue weighted by atomic mass is 16.6. The van der Waals surface area contributed by atoms with Crippen molar-refractivity contribution in [3.8, 4) is 0 Å². The lowest BCUT2D eigenvalue weighted by atomic mass is 9.81. The first-order valence-electron chi connectivity index (χ1n) is 12.9. The zero-order valence-electron chi connectivity index (χ0n) is 21.3. The third kappa shape index (κ3) is 6.67. The van der Waals surface area contributed by atoms with Crippen LogP contribution in [0.3, 0.4) is 0 Å². The predicted molar refractivity (Wildman–Crippen MR) is 133 cm³/mol. The molecule has 198 valence electrons. The molecular formula is C26H38N4O6. The summed E-state index contributed by atoms with van der Waals surface area (Å²) in [4.78, 5) is 53.9. The lowest BCUT2D eigenvalue weighted by Crippen LogP contribution is -2.73. The smallest absolute Gasteiger partial charge is 0.409 e. The maximum atomic E-state index is 13.4. The third-order valence-corrected chi connectivity index (χ3v) is 6.77. The Balaban J connectivity index is 1.45. The van der Waals surface area contributed by atoms with Gasteiger partial charge in [0.05, 0.1) is 6.61 Å². The molecule has 0 unspecified atom stereocenters. The normalized spacial score (nSPS) is 19.1. The average molecular weight is 503 g/mol. The van der Waals surface area contributed by atoms with Crippen molar-refractivity contribution in [1.82, 2.24) is 20.4 Å². The second-order valence-electron chi connectivity index (χ2n) is 9.22. The zero-order chi connectivity index (χ0) is 26.0. The van der Waals surface area contributed by atoms with Crippen molar-refractivity contribution in [3.05, 3.63) is 35.9 Å². The minimum atomic E-state index is -0.920. The van der Waals surface area contributed by atoms with Crippen molar-refractivity contribution in [2.75, 3.05) is 32.8 Å². The van der Waals surface area contributed by atoms with Gasteiger partial charge in [0.15, 0.2) is 0 Å². The number of alkyl carbamates (subject to hydrolysis) is 1. The predicted octanol–water partition coefficient (Wildman–Crippen LogP) is 2.81. The molecule has 2 fully saturated rings. The van der Waals surface area contributed by atoms with E-state index in [1.165, 1.54) is 0 Å². The molecule has 2 N–H and O–H groups in total. The van der Waals surface area contributed by atoms with Gasteiger partial charge in [0.2, 0.25) is 11.8 Å². The molecule has 10 nitrogen and oxygen atoms in total. The standard InChI is InChI=1S/C26H38N4O6/c1-3-16-30-22(31)21(12-8-9-15-27-24(33)36-19-20-10-6-5-7-11-20)28-23(32)26(30)13-17-29(18-14-26)25(34)35-4-2/h5-7,10-11,21H,3-4,8-9,12-19H2,1-2H3,(H,27,33)(H,28,32)/t21-/m0/s1. The molecule has 3 rings (SSSR count). The number of hydrogen-bond acceptors (Lipinski definition) is 6. The quantitative estimate of drug-likeness (QED) is 0.475. The number of nitrogens with zero attached hydrogens (tertiary/aromatic N) is 2. The number of benzene rings is 1. The van der Waals surface area contributed by atoms with Crippen molar-refractivity contribution in [1.29, 1.82) is 0 Å². The number of carbonyl (C=O) groups is 4. The molecule has 36 heavy (non-hydrogen) atoms. The highest BCUT2D eigenvalue weighted by Gasteiger charge is 2.53. The first-order chi connectivity index (χ1) is 17.4. The maximum absolute atomic E-state index is 13.4. The van der Waals surface area contributed by atoms with Crippen LogP contribution >= 0.6 is 0 Å². The maximum Gasteiger partial charge on any atom is 0.409 e. The van der Waals surface area contributed by atoms with E-state index in [0.29, 0.717) is 64.9 Å². The van der Waals surface area contributed by atoms with E-state index in [1.54, 1.807) is 16.7 Å². The molecule has 10 heteroatoms. The molecule has 0 bridgehead atoms. The molecular weight excluding hydrogens is 464 g/mol. The first kappa shape index (κ1) is 27.3. The molecule has 2 aliphatic rings. The van der Waals surface area contributed by atoms with Gasteiger partial charge in [-0.25, -0.2) is 9.59 Å². The third-order valence-electron chi connectivity index (χ3n) is 6.77. The van der Waals surface area contributed by atoms with Gasteiger partial charge >= 0.3 is 12.2 Å². The fourth-order valence-corrected chi connectivity index (χ4v) is 4.83. The van der Waals surface area contributed by atoms with Crippen LogP contribution in [0.5, 0.6) is 0 Å². The molecule has 1 aromatic rings. The van der Waals surface area contributed by atoms with Crippen LogP contribution in [0.25, 0.3) is 0 Å². The van der Waals surface area contributed by atoms with E-state index in [4.69, 9.17) is 9.47 Å². The minimum Gasteiger partial charge on any atom is -0.450 e. The van der Waals surface area contributed by atoms with Crippen LogP contribution < -0.4 is 10.6 Å². The molecule has 1 spiro atoms. The van der Waals surface area contributed by atoms with Crippen LogP contribution in [-0.2, 0) is 25.7 Å². The fraction of sp³-hybridized carbons (Fsp3) is 0.615. The molecule has 0 radical (unpaired) electrons. The minimum absolute atomic E-state index is 0.0729. The van der Waals surface area contributed by atoms with E-state index >= 15 is 0 Å². The Morgan fingerprint density at radius 3 is 2.47 bits per heavy atom. The summed E-state index contributed by atoms with van der Waals surface area (Å²) in [5.74, 6) is -0.220. The van der Waals surface area contributed by atoms with E-state index in [9.17, 15) is 19.2 Å². The Morgan fingerprint density at radius 2 is 1.81 bits per heavy atom. The lowest BCUT2D eigenvalue weighted by molar-refractivity contribution is -0.161. The molecule has 1 aromatic carbocycles. The van der Waals surface area contributed by atoms with Gasteiger partial charge in [-0.2, -0.15) is 0 Å². The molecule has 2 aliphatic heterocycles. The van der Waals surface area contributed by atoms with Crippen molar-refractivity contribution < 1.29 is 28.7 Å². The number of amides is 4. The zero-order valence-corrected chi connectivity index (χ0v) is 21.3. The average Bonchev–Trinajstić information content (AvgIpc) is 2.89. The topological polar surface area (TPSA) is 117 Å². The van der Waals surface area contributed by atoms with Gasteiger partial charge in [0.25, 0.3) is 0 Å². The highest BCUT2D eigenvalue weighted by molar-refractivity contribution is 6.00. The molecule has 4 amide bonds. The summed E-state index contributed by atoms with van der Waals surface area (Å²) in [6, 6.07) is 8.87. The number of piperidine rings is 1. The summed E-state index contributed by atoms with van der Waals surface area (Å²) >= 11 is 0. The Morgan fingerprint density at radius 1 is 1.08 bits per heavy atom. The van der Waals surface area contributed by atoms with Crippen molar-refractivity contribution in [2.24, 2.45) is 0 Å².